The summed E-state index contributed by atoms with van der Waals surface area (Å²) in [5.74, 6) is -0.708. The third kappa shape index (κ3) is 4.81. The van der Waals surface area contributed by atoms with Crippen LogP contribution in [0.4, 0.5) is 5.69 Å². The van der Waals surface area contributed by atoms with Crippen LogP contribution in [-0.2, 0) is 17.6 Å². The predicted octanol–water partition coefficient (Wildman–Crippen LogP) is 4.87. The fourth-order valence-corrected chi connectivity index (χ4v) is 6.21. The molecule has 8 nitrogen and oxygen atoms in total. The highest BCUT2D eigenvalue weighted by Gasteiger charge is 2.38. The van der Waals surface area contributed by atoms with Crippen molar-refractivity contribution in [2.24, 2.45) is 4.99 Å². The second kappa shape index (κ2) is 10.6. The number of amides is 2. The van der Waals surface area contributed by atoms with Crippen LogP contribution < -0.4 is 5.32 Å². The zero-order valence-corrected chi connectivity index (χ0v) is 23.2. The molecule has 0 saturated heterocycles. The van der Waals surface area contributed by atoms with Crippen LogP contribution in [0.5, 0.6) is 0 Å². The number of nitrogens with one attached hydrogen (secondary N) is 1. The number of aromatic nitrogens is 1. The highest BCUT2D eigenvalue weighted by atomic mass is 35.5. The third-order valence-corrected chi connectivity index (χ3v) is 8.57. The molecule has 0 spiro atoms. The third-order valence-electron chi connectivity index (χ3n) is 7.34. The first-order valence-corrected chi connectivity index (χ1v) is 14.2. The van der Waals surface area contributed by atoms with Crippen LogP contribution in [0.3, 0.4) is 0 Å². The zero-order valence-electron chi connectivity index (χ0n) is 21.6. The Morgan fingerprint density at radius 2 is 1.98 bits per heavy atom. The first kappa shape index (κ1) is 26.3. The number of anilines is 1. The van der Waals surface area contributed by atoms with Crippen LogP contribution in [0.15, 0.2) is 70.3 Å². The number of aliphatic hydroxyl groups is 1. The van der Waals surface area contributed by atoms with Gasteiger partial charge in [0.25, 0.3) is 11.8 Å². The van der Waals surface area contributed by atoms with Gasteiger partial charge in [0.1, 0.15) is 0 Å². The van der Waals surface area contributed by atoms with E-state index >= 15 is 0 Å². The number of aliphatic imine (C=N–C) groups is 1. The summed E-state index contributed by atoms with van der Waals surface area (Å²) in [6.45, 7) is 2.27. The lowest BCUT2D eigenvalue weighted by molar-refractivity contribution is -0.114. The minimum Gasteiger partial charge on any atom is -0.386 e. The summed E-state index contributed by atoms with van der Waals surface area (Å²) in [4.78, 5) is 50.5. The largest absolute Gasteiger partial charge is 0.386 e. The summed E-state index contributed by atoms with van der Waals surface area (Å²) in [6.07, 6.45) is 3.88. The van der Waals surface area contributed by atoms with Crippen molar-refractivity contribution in [3.05, 3.63) is 103 Å². The molecule has 0 bridgehead atoms. The van der Waals surface area contributed by atoms with Crippen LogP contribution >= 0.6 is 22.9 Å². The maximum absolute atomic E-state index is 13.2. The van der Waals surface area contributed by atoms with Crippen molar-refractivity contribution in [3.8, 4) is 0 Å². The standard InChI is InChI=1S/C30H25ClN4O4S/c1-16-27(40-15-33-16)8-9-35-29(38)20-11-18-12-24(34-23(18)13-21(20)30(35)39)28-22(6-3-7-25(28)36)32-14-26(37)17-4-2-5-19(31)10-17/h2-6,10-11,13,15,26,34,37H,7-9,12,14H2,1H3/t26-/m1/s1. The summed E-state index contributed by atoms with van der Waals surface area (Å²) in [7, 11) is 0. The van der Waals surface area contributed by atoms with E-state index in [1.165, 1.54) is 16.2 Å². The number of fused-ring (bicyclic) bond motifs is 2. The molecular formula is C30H25ClN4O4S. The van der Waals surface area contributed by atoms with E-state index in [2.05, 4.69) is 15.3 Å². The van der Waals surface area contributed by atoms with Crippen molar-refractivity contribution in [1.29, 1.82) is 0 Å². The predicted molar refractivity (Wildman–Crippen MR) is 154 cm³/mol. The van der Waals surface area contributed by atoms with Crippen molar-refractivity contribution in [2.75, 3.05) is 18.4 Å². The van der Waals surface area contributed by atoms with Gasteiger partial charge >= 0.3 is 0 Å². The minimum absolute atomic E-state index is 0.0607. The molecule has 40 heavy (non-hydrogen) atoms. The lowest BCUT2D eigenvalue weighted by Gasteiger charge is -2.16. The van der Waals surface area contributed by atoms with Gasteiger partial charge in [0.05, 0.1) is 46.3 Å². The second-order valence-corrected chi connectivity index (χ2v) is 11.3. The van der Waals surface area contributed by atoms with Crippen molar-refractivity contribution in [2.45, 2.75) is 32.3 Å². The van der Waals surface area contributed by atoms with Crippen LogP contribution in [0.1, 0.15) is 54.9 Å². The Morgan fingerprint density at radius 1 is 1.18 bits per heavy atom. The number of carbonyl (C=O) groups excluding carboxylic acids is 3. The molecule has 2 aromatic carbocycles. The molecule has 1 aliphatic carbocycles. The van der Waals surface area contributed by atoms with Crippen LogP contribution in [0, 0.1) is 6.92 Å². The molecule has 3 aliphatic rings. The van der Waals surface area contributed by atoms with Gasteiger partial charge in [-0.05, 0) is 48.4 Å². The van der Waals surface area contributed by atoms with Gasteiger partial charge in [-0.3, -0.25) is 24.3 Å². The molecule has 0 unspecified atom stereocenters. The van der Waals surface area contributed by atoms with Crippen LogP contribution in [0.25, 0.3) is 0 Å². The topological polar surface area (TPSA) is 112 Å². The Balaban J connectivity index is 1.23. The fraction of sp³-hybridized carbons (Fsp3) is 0.233. The maximum Gasteiger partial charge on any atom is 0.261 e. The Hall–Kier alpha value is -3.92. The molecule has 0 fully saturated rings. The number of imide groups is 1. The highest BCUT2D eigenvalue weighted by Crippen LogP contribution is 2.37. The number of hydrogen-bond acceptors (Lipinski definition) is 8. The van der Waals surface area contributed by atoms with Gasteiger partial charge < -0.3 is 10.4 Å². The number of ketones is 1. The lowest BCUT2D eigenvalue weighted by atomic mass is 9.93. The number of rotatable bonds is 6. The number of Topliss-reactive ketones (excluding diaryl/α,β-unsaturated/α-hetero) is 1. The lowest BCUT2D eigenvalue weighted by Crippen LogP contribution is -2.31. The highest BCUT2D eigenvalue weighted by molar-refractivity contribution is 7.09. The smallest absolute Gasteiger partial charge is 0.261 e. The molecule has 10 heteroatoms. The maximum atomic E-state index is 13.2. The molecule has 0 saturated carbocycles. The molecule has 202 valence electrons. The van der Waals surface area contributed by atoms with E-state index in [1.54, 1.807) is 54.1 Å². The van der Waals surface area contributed by atoms with Gasteiger partial charge in [0.2, 0.25) is 0 Å². The summed E-state index contributed by atoms with van der Waals surface area (Å²) >= 11 is 7.57. The molecule has 2 aliphatic heterocycles. The zero-order chi connectivity index (χ0) is 28.0. The van der Waals surface area contributed by atoms with Crippen LogP contribution in [-0.4, -0.2) is 51.4 Å². The van der Waals surface area contributed by atoms with Crippen LogP contribution in [0.2, 0.25) is 5.02 Å². The first-order valence-electron chi connectivity index (χ1n) is 12.9. The van der Waals surface area contributed by atoms with E-state index < -0.39 is 6.10 Å². The second-order valence-electron chi connectivity index (χ2n) is 9.91. The van der Waals surface area contributed by atoms with E-state index in [9.17, 15) is 19.5 Å². The number of aryl methyl sites for hydroxylation is 1. The average molecular weight is 573 g/mol. The molecule has 6 rings (SSSR count). The monoisotopic (exact) mass is 572 g/mol. The normalized spacial score (nSPS) is 19.8. The van der Waals surface area contributed by atoms with Crippen molar-refractivity contribution >= 4 is 51.9 Å². The van der Waals surface area contributed by atoms with Gasteiger partial charge in [-0.25, -0.2) is 4.98 Å². The number of carbonyl (C=O) groups is 3. The Kier molecular flexibility index (Phi) is 6.95. The van der Waals surface area contributed by atoms with E-state index in [-0.39, 0.29) is 30.6 Å². The number of benzene rings is 2. The fourth-order valence-electron chi connectivity index (χ4n) is 5.24. The molecule has 2 N–H and O–H groups in total. The summed E-state index contributed by atoms with van der Waals surface area (Å²) in [6, 6.07) is 10.4. The number of halogens is 1. The summed E-state index contributed by atoms with van der Waals surface area (Å²) < 4.78 is 0. The van der Waals surface area contributed by atoms with E-state index in [0.717, 1.165) is 16.1 Å². The van der Waals surface area contributed by atoms with Crippen molar-refractivity contribution in [1.82, 2.24) is 9.88 Å². The van der Waals surface area contributed by atoms with Crippen molar-refractivity contribution < 1.29 is 19.5 Å². The van der Waals surface area contributed by atoms with Gasteiger partial charge in [0, 0.05) is 47.1 Å². The van der Waals surface area contributed by atoms with Gasteiger partial charge in [-0.15, -0.1) is 11.3 Å². The number of thiazole rings is 1. The Bertz CT molecular complexity index is 1620. The SMILES string of the molecule is Cc1ncsc1CCN1C(=O)c2cc3c(cc2C1=O)NC(=C1C(=O)CC=CC1=NC[C@@H](O)c1cccc(Cl)c1)C3. The molecule has 1 atom stereocenters. The molecule has 3 heterocycles. The van der Waals surface area contributed by atoms with E-state index in [0.29, 0.717) is 63.8 Å². The average Bonchev–Trinajstić information content (AvgIpc) is 3.61. The summed E-state index contributed by atoms with van der Waals surface area (Å²) in [5, 5.41) is 14.5. The number of allylic oxidation sites excluding steroid dienone is 4. The quantitative estimate of drug-likeness (QED) is 0.322. The summed E-state index contributed by atoms with van der Waals surface area (Å²) in [5.41, 5.74) is 7.20. The minimum atomic E-state index is -0.875. The van der Waals surface area contributed by atoms with Gasteiger partial charge in [-0.2, -0.15) is 0 Å². The molecule has 1 aromatic heterocycles. The molecule has 2 amide bonds. The molecular weight excluding hydrogens is 548 g/mol. The number of nitrogens with zero attached hydrogens (tertiary/aromatic N) is 3. The first-order chi connectivity index (χ1) is 19.3. The van der Waals surface area contributed by atoms with E-state index in [1.807, 2.05) is 6.92 Å². The number of hydrogen-bond donors (Lipinski definition) is 2. The molecule has 0 radical (unpaired) electrons. The van der Waals surface area contributed by atoms with Gasteiger partial charge in [0.15, 0.2) is 5.78 Å². The van der Waals surface area contributed by atoms with E-state index in [4.69, 9.17) is 11.6 Å². The van der Waals surface area contributed by atoms with Crippen molar-refractivity contribution in [3.63, 3.8) is 0 Å². The van der Waals surface area contributed by atoms with Gasteiger partial charge in [-0.1, -0.05) is 29.8 Å². The number of aliphatic hydroxyl groups excluding tert-OH is 1. The molecule has 3 aromatic rings. The Morgan fingerprint density at radius 3 is 2.73 bits per heavy atom. The Labute approximate surface area is 239 Å².